The van der Waals surface area contributed by atoms with Crippen molar-refractivity contribution in [3.05, 3.63) is 64.1 Å². The molecule has 0 fully saturated rings. The summed E-state index contributed by atoms with van der Waals surface area (Å²) in [4.78, 5) is 4.74. The highest BCUT2D eigenvalue weighted by Gasteiger charge is 2.51. The number of halogens is 1. The number of para-hydroxylation sites is 1. The highest BCUT2D eigenvalue weighted by molar-refractivity contribution is 9.10. The highest BCUT2D eigenvalue weighted by atomic mass is 79.9. The Kier molecular flexibility index (Phi) is 3.30. The van der Waals surface area contributed by atoms with Gasteiger partial charge in [-0.15, -0.1) is 0 Å². The smallest absolute Gasteiger partial charge is 0.139 e. The zero-order chi connectivity index (χ0) is 15.3. The summed E-state index contributed by atoms with van der Waals surface area (Å²) in [6, 6.07) is 15.7. The van der Waals surface area contributed by atoms with E-state index < -0.39 is 5.60 Å². The number of benzene rings is 2. The van der Waals surface area contributed by atoms with Gasteiger partial charge in [-0.2, -0.15) is 0 Å². The van der Waals surface area contributed by atoms with E-state index >= 15 is 0 Å². The molecule has 0 spiro atoms. The first-order valence-corrected chi connectivity index (χ1v) is 7.81. The molecule has 0 aliphatic carbocycles. The summed E-state index contributed by atoms with van der Waals surface area (Å²) in [5, 5.41) is 11.6. The first-order valence-electron chi connectivity index (χ1n) is 7.01. The molecule has 0 saturated heterocycles. The molecule has 0 saturated carbocycles. The molecule has 1 heterocycles. The van der Waals surface area contributed by atoms with Crippen LogP contribution in [0.1, 0.15) is 31.9 Å². The molecule has 0 aromatic heterocycles. The van der Waals surface area contributed by atoms with E-state index in [4.69, 9.17) is 4.99 Å². The maximum absolute atomic E-state index is 11.6. The third-order valence-corrected chi connectivity index (χ3v) is 4.77. The molecular weight excluding hydrogens is 326 g/mol. The molecule has 3 rings (SSSR count). The quantitative estimate of drug-likeness (QED) is 0.791. The Hall–Kier alpha value is -1.45. The monoisotopic (exact) mass is 343 g/mol. The van der Waals surface area contributed by atoms with Gasteiger partial charge < -0.3 is 5.11 Å². The van der Waals surface area contributed by atoms with Crippen LogP contribution in [0.4, 0.5) is 5.69 Å². The van der Waals surface area contributed by atoms with Crippen LogP contribution in [0.15, 0.2) is 58.0 Å². The summed E-state index contributed by atoms with van der Waals surface area (Å²) >= 11 is 3.58. The molecule has 0 radical (unpaired) electrons. The van der Waals surface area contributed by atoms with Gasteiger partial charge in [0.05, 0.1) is 11.4 Å². The van der Waals surface area contributed by atoms with E-state index in [1.807, 2.05) is 69.3 Å². The summed E-state index contributed by atoms with van der Waals surface area (Å²) < 4.78 is 0.944. The van der Waals surface area contributed by atoms with Crippen LogP contribution in [0, 0.1) is 5.41 Å². The summed E-state index contributed by atoms with van der Waals surface area (Å²) in [5.74, 6) is 0. The minimum absolute atomic E-state index is 0.367. The van der Waals surface area contributed by atoms with Gasteiger partial charge in [0.1, 0.15) is 5.60 Å². The number of hydrogen-bond acceptors (Lipinski definition) is 2. The number of aliphatic imine (C=N–C) groups is 1. The predicted molar refractivity (Wildman–Crippen MR) is 90.1 cm³/mol. The molecule has 2 nitrogen and oxygen atoms in total. The van der Waals surface area contributed by atoms with Crippen LogP contribution in [-0.4, -0.2) is 10.8 Å². The van der Waals surface area contributed by atoms with Crippen molar-refractivity contribution < 1.29 is 5.11 Å². The molecule has 2 aromatic rings. The van der Waals surface area contributed by atoms with E-state index in [1.54, 1.807) is 0 Å². The topological polar surface area (TPSA) is 32.6 Å². The summed E-state index contributed by atoms with van der Waals surface area (Å²) in [7, 11) is 0. The van der Waals surface area contributed by atoms with Gasteiger partial charge in [-0.1, -0.05) is 73.1 Å². The average molecular weight is 344 g/mol. The number of nitrogens with zero attached hydrogens (tertiary/aromatic N) is 1. The molecule has 1 unspecified atom stereocenters. The van der Waals surface area contributed by atoms with Crippen molar-refractivity contribution in [3.63, 3.8) is 0 Å². The minimum atomic E-state index is -1.10. The second-order valence-corrected chi connectivity index (χ2v) is 7.27. The zero-order valence-corrected chi connectivity index (χ0v) is 14.0. The lowest BCUT2D eigenvalue weighted by molar-refractivity contribution is 0.00499. The number of aliphatic hydroxyl groups is 1. The van der Waals surface area contributed by atoms with E-state index in [2.05, 4.69) is 15.9 Å². The van der Waals surface area contributed by atoms with Crippen molar-refractivity contribution in [2.45, 2.75) is 26.4 Å². The van der Waals surface area contributed by atoms with Crippen LogP contribution < -0.4 is 0 Å². The fraction of sp³-hybridized carbons (Fsp3) is 0.278. The Bertz CT molecular complexity index is 730. The van der Waals surface area contributed by atoms with Crippen molar-refractivity contribution in [3.8, 4) is 0 Å². The highest BCUT2D eigenvalue weighted by Crippen LogP contribution is 2.50. The number of hydrogen-bond donors (Lipinski definition) is 1. The SMILES string of the molecule is CC(C)(C)C1(O)C(c2ccccc2Br)=Nc2ccccc21. The Morgan fingerprint density at radius 2 is 1.62 bits per heavy atom. The van der Waals surface area contributed by atoms with E-state index in [0.29, 0.717) is 5.71 Å². The number of fused-ring (bicyclic) bond motifs is 1. The van der Waals surface area contributed by atoms with Crippen LogP contribution in [0.3, 0.4) is 0 Å². The van der Waals surface area contributed by atoms with Crippen LogP contribution in [0.2, 0.25) is 0 Å². The normalized spacial score (nSPS) is 21.1. The first kappa shape index (κ1) is 14.5. The Morgan fingerprint density at radius 3 is 2.29 bits per heavy atom. The summed E-state index contributed by atoms with van der Waals surface area (Å²) in [6.07, 6.45) is 0. The average Bonchev–Trinajstić information content (AvgIpc) is 2.74. The van der Waals surface area contributed by atoms with E-state index in [0.717, 1.165) is 21.3 Å². The van der Waals surface area contributed by atoms with Gasteiger partial charge in [-0.05, 0) is 12.1 Å². The lowest BCUT2D eigenvalue weighted by atomic mass is 9.69. The van der Waals surface area contributed by atoms with Crippen LogP contribution in [0.25, 0.3) is 0 Å². The van der Waals surface area contributed by atoms with Crippen LogP contribution in [-0.2, 0) is 5.60 Å². The van der Waals surface area contributed by atoms with Crippen molar-refractivity contribution in [1.82, 2.24) is 0 Å². The Balaban J connectivity index is 2.29. The van der Waals surface area contributed by atoms with Gasteiger partial charge in [0.2, 0.25) is 0 Å². The minimum Gasteiger partial charge on any atom is -0.378 e. The maximum Gasteiger partial charge on any atom is 0.139 e. The third kappa shape index (κ3) is 2.07. The molecule has 108 valence electrons. The molecule has 1 aliphatic heterocycles. The van der Waals surface area contributed by atoms with Crippen molar-refractivity contribution in [2.75, 3.05) is 0 Å². The van der Waals surface area contributed by atoms with Gasteiger partial charge in [-0.3, -0.25) is 0 Å². The molecule has 0 bridgehead atoms. The lowest BCUT2D eigenvalue weighted by Gasteiger charge is -2.39. The van der Waals surface area contributed by atoms with E-state index in [9.17, 15) is 5.11 Å². The summed E-state index contributed by atoms with van der Waals surface area (Å²) in [5.41, 5.74) is 1.90. The van der Waals surface area contributed by atoms with Crippen molar-refractivity contribution >= 4 is 27.3 Å². The Morgan fingerprint density at radius 1 is 1.00 bits per heavy atom. The zero-order valence-electron chi connectivity index (χ0n) is 12.4. The largest absolute Gasteiger partial charge is 0.378 e. The van der Waals surface area contributed by atoms with Gasteiger partial charge in [0, 0.05) is 21.0 Å². The number of rotatable bonds is 1. The maximum atomic E-state index is 11.6. The third-order valence-electron chi connectivity index (χ3n) is 4.08. The fourth-order valence-corrected chi connectivity index (χ4v) is 3.35. The van der Waals surface area contributed by atoms with Gasteiger partial charge in [0.25, 0.3) is 0 Å². The van der Waals surface area contributed by atoms with Gasteiger partial charge in [-0.25, -0.2) is 4.99 Å². The molecule has 1 N–H and O–H groups in total. The van der Waals surface area contributed by atoms with E-state index in [1.165, 1.54) is 0 Å². The second kappa shape index (κ2) is 4.79. The molecule has 1 atom stereocenters. The summed E-state index contributed by atoms with van der Waals surface area (Å²) in [6.45, 7) is 6.13. The second-order valence-electron chi connectivity index (χ2n) is 6.42. The molecule has 0 amide bonds. The lowest BCUT2D eigenvalue weighted by Crippen LogP contribution is -2.45. The standard InChI is InChI=1S/C18H18BrNO/c1-17(2,3)18(21)13-9-5-7-11-15(13)20-16(18)12-8-4-6-10-14(12)19/h4-11,21H,1-3H3. The van der Waals surface area contributed by atoms with Gasteiger partial charge >= 0.3 is 0 Å². The van der Waals surface area contributed by atoms with Crippen LogP contribution in [0.5, 0.6) is 0 Å². The van der Waals surface area contributed by atoms with E-state index in [-0.39, 0.29) is 5.41 Å². The Labute approximate surface area is 133 Å². The van der Waals surface area contributed by atoms with Gasteiger partial charge in [0.15, 0.2) is 0 Å². The molecule has 1 aliphatic rings. The molecule has 2 aromatic carbocycles. The first-order chi connectivity index (χ1) is 9.85. The van der Waals surface area contributed by atoms with Crippen LogP contribution >= 0.6 is 15.9 Å². The van der Waals surface area contributed by atoms with Crippen molar-refractivity contribution in [2.24, 2.45) is 10.4 Å². The molecule has 21 heavy (non-hydrogen) atoms. The fourth-order valence-electron chi connectivity index (χ4n) is 2.87. The van der Waals surface area contributed by atoms with Crippen molar-refractivity contribution in [1.29, 1.82) is 0 Å². The molecular formula is C18H18BrNO. The molecule has 3 heteroatoms. The predicted octanol–water partition coefficient (Wildman–Crippen LogP) is 4.82.